The van der Waals surface area contributed by atoms with E-state index in [1.165, 1.54) is 0 Å². The van der Waals surface area contributed by atoms with Crippen molar-refractivity contribution in [2.45, 2.75) is 27.2 Å². The molecule has 5 heteroatoms. The summed E-state index contributed by atoms with van der Waals surface area (Å²) in [5, 5.41) is 14.9. The molecule has 0 atom stereocenters. The van der Waals surface area contributed by atoms with Crippen LogP contribution in [0.15, 0.2) is 18.2 Å². The molecule has 0 bridgehead atoms. The van der Waals surface area contributed by atoms with Crippen molar-refractivity contribution in [1.29, 1.82) is 0 Å². The van der Waals surface area contributed by atoms with Crippen LogP contribution in [-0.2, 0) is 4.79 Å². The fraction of sp³-hybridized carbons (Fsp3) is 0.467. The molecule has 0 unspecified atom stereocenters. The number of carbonyl (C=O) groups excluding carboxylic acids is 1. The summed E-state index contributed by atoms with van der Waals surface area (Å²) in [6, 6.07) is 5.18. The third-order valence-corrected chi connectivity index (χ3v) is 2.78. The van der Waals surface area contributed by atoms with Crippen LogP contribution in [0.3, 0.4) is 0 Å². The molecule has 110 valence electrons. The summed E-state index contributed by atoms with van der Waals surface area (Å²) >= 11 is 0. The van der Waals surface area contributed by atoms with Crippen molar-refractivity contribution >= 4 is 17.6 Å². The molecule has 20 heavy (non-hydrogen) atoms. The molecule has 3 N–H and O–H groups in total. The summed E-state index contributed by atoms with van der Waals surface area (Å²) in [6.07, 6.45) is 0.319. The van der Waals surface area contributed by atoms with Crippen molar-refractivity contribution in [1.82, 2.24) is 5.32 Å². The molecule has 0 spiro atoms. The molecule has 1 aromatic carbocycles. The Morgan fingerprint density at radius 2 is 2.00 bits per heavy atom. The monoisotopic (exact) mass is 278 g/mol. The first-order valence-corrected chi connectivity index (χ1v) is 6.74. The Bertz CT molecular complexity index is 484. The van der Waals surface area contributed by atoms with Gasteiger partial charge in [0.05, 0.1) is 5.56 Å². The predicted octanol–water partition coefficient (Wildman–Crippen LogP) is 2.27. The number of hydrogen-bond acceptors (Lipinski definition) is 3. The minimum Gasteiger partial charge on any atom is -0.478 e. The van der Waals surface area contributed by atoms with E-state index in [-0.39, 0.29) is 11.5 Å². The van der Waals surface area contributed by atoms with Gasteiger partial charge in [0.2, 0.25) is 5.91 Å². The van der Waals surface area contributed by atoms with Gasteiger partial charge in [-0.15, -0.1) is 0 Å². The number of amides is 1. The SMILES string of the molecule is Cc1ccc(NCCC(=O)NCC(C)C)c(C(=O)O)c1. The van der Waals surface area contributed by atoms with Gasteiger partial charge in [-0.2, -0.15) is 0 Å². The van der Waals surface area contributed by atoms with E-state index in [9.17, 15) is 9.59 Å². The molecule has 0 radical (unpaired) electrons. The van der Waals surface area contributed by atoms with Gasteiger partial charge in [-0.05, 0) is 25.0 Å². The smallest absolute Gasteiger partial charge is 0.337 e. The first-order valence-electron chi connectivity index (χ1n) is 6.74. The summed E-state index contributed by atoms with van der Waals surface area (Å²) in [7, 11) is 0. The Balaban J connectivity index is 2.50. The fourth-order valence-corrected chi connectivity index (χ4v) is 1.71. The van der Waals surface area contributed by atoms with E-state index in [1.807, 2.05) is 26.8 Å². The van der Waals surface area contributed by atoms with Crippen LogP contribution in [0.5, 0.6) is 0 Å². The molecule has 0 heterocycles. The summed E-state index contributed by atoms with van der Waals surface area (Å²) < 4.78 is 0. The van der Waals surface area contributed by atoms with Crippen LogP contribution in [0.25, 0.3) is 0 Å². The molecular formula is C15H22N2O3. The van der Waals surface area contributed by atoms with Crippen LogP contribution in [0.1, 0.15) is 36.2 Å². The number of hydrogen-bond donors (Lipinski definition) is 3. The van der Waals surface area contributed by atoms with E-state index in [1.54, 1.807) is 12.1 Å². The summed E-state index contributed by atoms with van der Waals surface area (Å²) in [4.78, 5) is 22.7. The molecule has 0 saturated heterocycles. The van der Waals surface area contributed by atoms with Gasteiger partial charge in [0, 0.05) is 25.2 Å². The Morgan fingerprint density at radius 3 is 2.60 bits per heavy atom. The lowest BCUT2D eigenvalue weighted by atomic mass is 10.1. The number of benzene rings is 1. The maximum Gasteiger partial charge on any atom is 0.337 e. The normalized spacial score (nSPS) is 10.4. The highest BCUT2D eigenvalue weighted by Crippen LogP contribution is 2.17. The molecule has 5 nitrogen and oxygen atoms in total. The fourth-order valence-electron chi connectivity index (χ4n) is 1.71. The summed E-state index contributed by atoms with van der Waals surface area (Å²) in [5.41, 5.74) is 1.66. The van der Waals surface area contributed by atoms with Crippen molar-refractivity contribution in [3.05, 3.63) is 29.3 Å². The van der Waals surface area contributed by atoms with Crippen LogP contribution in [0.2, 0.25) is 0 Å². The van der Waals surface area contributed by atoms with Crippen LogP contribution >= 0.6 is 0 Å². The average Bonchev–Trinajstić information content (AvgIpc) is 2.37. The van der Waals surface area contributed by atoms with Crippen LogP contribution in [0.4, 0.5) is 5.69 Å². The van der Waals surface area contributed by atoms with Crippen molar-refractivity contribution < 1.29 is 14.7 Å². The van der Waals surface area contributed by atoms with Gasteiger partial charge in [-0.25, -0.2) is 4.79 Å². The standard InChI is InChI=1S/C15H22N2O3/c1-10(2)9-17-14(18)6-7-16-13-5-4-11(3)8-12(13)15(19)20/h4-5,8,10,16H,6-7,9H2,1-3H3,(H,17,18)(H,19,20). The molecule has 1 amide bonds. The number of carbonyl (C=O) groups is 2. The minimum atomic E-state index is -0.972. The highest BCUT2D eigenvalue weighted by Gasteiger charge is 2.10. The maximum atomic E-state index is 11.5. The molecule has 1 rings (SSSR count). The maximum absolute atomic E-state index is 11.5. The lowest BCUT2D eigenvalue weighted by molar-refractivity contribution is -0.120. The van der Waals surface area contributed by atoms with Crippen LogP contribution in [-0.4, -0.2) is 30.1 Å². The second kappa shape index (κ2) is 7.53. The number of carboxylic acids is 1. The molecule has 0 aromatic heterocycles. The van der Waals surface area contributed by atoms with Crippen molar-refractivity contribution in [2.24, 2.45) is 5.92 Å². The molecule has 0 saturated carbocycles. The average molecular weight is 278 g/mol. The molecule has 0 fully saturated rings. The zero-order valence-corrected chi connectivity index (χ0v) is 12.2. The molecule has 0 aliphatic rings. The number of nitrogens with one attached hydrogen (secondary N) is 2. The van der Waals surface area contributed by atoms with E-state index < -0.39 is 5.97 Å². The highest BCUT2D eigenvalue weighted by atomic mass is 16.4. The number of rotatable bonds is 7. The van der Waals surface area contributed by atoms with Gasteiger partial charge in [-0.3, -0.25) is 4.79 Å². The topological polar surface area (TPSA) is 78.4 Å². The van der Waals surface area contributed by atoms with E-state index in [2.05, 4.69) is 10.6 Å². The van der Waals surface area contributed by atoms with Crippen molar-refractivity contribution in [3.63, 3.8) is 0 Å². The van der Waals surface area contributed by atoms with Gasteiger partial charge >= 0.3 is 5.97 Å². The van der Waals surface area contributed by atoms with Gasteiger partial charge in [0.15, 0.2) is 0 Å². The predicted molar refractivity (Wildman–Crippen MR) is 79.1 cm³/mol. The first kappa shape index (κ1) is 16.0. The Morgan fingerprint density at radius 1 is 1.30 bits per heavy atom. The van der Waals surface area contributed by atoms with Gasteiger partial charge < -0.3 is 15.7 Å². The molecular weight excluding hydrogens is 256 g/mol. The number of aryl methyl sites for hydroxylation is 1. The number of anilines is 1. The second-order valence-corrected chi connectivity index (χ2v) is 5.23. The van der Waals surface area contributed by atoms with E-state index in [4.69, 9.17) is 5.11 Å². The number of aromatic carboxylic acids is 1. The van der Waals surface area contributed by atoms with E-state index in [0.717, 1.165) is 5.56 Å². The van der Waals surface area contributed by atoms with Gasteiger partial charge in [-0.1, -0.05) is 25.5 Å². The molecule has 0 aliphatic carbocycles. The molecule has 0 aliphatic heterocycles. The first-order chi connectivity index (χ1) is 9.40. The largest absolute Gasteiger partial charge is 0.478 e. The van der Waals surface area contributed by atoms with Crippen LogP contribution < -0.4 is 10.6 Å². The quantitative estimate of drug-likeness (QED) is 0.715. The highest BCUT2D eigenvalue weighted by molar-refractivity contribution is 5.94. The number of carboxylic acid groups (broad SMARTS) is 1. The van der Waals surface area contributed by atoms with Crippen LogP contribution in [0, 0.1) is 12.8 Å². The third kappa shape index (κ3) is 5.30. The second-order valence-electron chi connectivity index (χ2n) is 5.23. The van der Waals surface area contributed by atoms with Gasteiger partial charge in [0.25, 0.3) is 0 Å². The summed E-state index contributed by atoms with van der Waals surface area (Å²) in [6.45, 7) is 6.97. The van der Waals surface area contributed by atoms with E-state index >= 15 is 0 Å². The summed E-state index contributed by atoms with van der Waals surface area (Å²) in [5.74, 6) is -0.585. The Kier molecular flexibility index (Phi) is 6.03. The van der Waals surface area contributed by atoms with Crippen molar-refractivity contribution in [3.8, 4) is 0 Å². The lowest BCUT2D eigenvalue weighted by Crippen LogP contribution is -2.28. The zero-order valence-electron chi connectivity index (χ0n) is 12.2. The zero-order chi connectivity index (χ0) is 15.1. The minimum absolute atomic E-state index is 0.0322. The van der Waals surface area contributed by atoms with E-state index in [0.29, 0.717) is 31.1 Å². The molecule has 1 aromatic rings. The van der Waals surface area contributed by atoms with Crippen molar-refractivity contribution in [2.75, 3.05) is 18.4 Å². The third-order valence-electron chi connectivity index (χ3n) is 2.78. The Labute approximate surface area is 119 Å². The lowest BCUT2D eigenvalue weighted by Gasteiger charge is -2.11. The van der Waals surface area contributed by atoms with Gasteiger partial charge in [0.1, 0.15) is 0 Å². The Hall–Kier alpha value is -2.04.